The van der Waals surface area contributed by atoms with Crippen LogP contribution in [0.15, 0.2) is 10.5 Å². The average Bonchev–Trinajstić information content (AvgIpc) is 3.11. The summed E-state index contributed by atoms with van der Waals surface area (Å²) in [5.74, 6) is 0.656. The van der Waals surface area contributed by atoms with Crippen molar-refractivity contribution in [1.82, 2.24) is 20.9 Å². The number of aromatic nitrogens is 1. The lowest BCUT2D eigenvalue weighted by molar-refractivity contribution is 0.209. The molecule has 1 spiro atoms. The lowest BCUT2D eigenvalue weighted by atomic mass is 9.74. The third-order valence-electron chi connectivity index (χ3n) is 6.53. The summed E-state index contributed by atoms with van der Waals surface area (Å²) >= 11 is 6.56. The molecular weight excluding hydrogens is 390 g/mol. The Bertz CT molecular complexity index is 915. The molecule has 1 atom stereocenters. The number of halogens is 1. The predicted molar refractivity (Wildman–Crippen MR) is 113 cm³/mol. The largest absolute Gasteiger partial charge is 0.439 e. The van der Waals surface area contributed by atoms with Crippen LogP contribution in [0.25, 0.3) is 11.1 Å². The molecule has 2 fully saturated rings. The number of amides is 2. The van der Waals surface area contributed by atoms with Gasteiger partial charge in [0, 0.05) is 18.2 Å². The van der Waals surface area contributed by atoms with Crippen LogP contribution in [0.4, 0.5) is 10.5 Å². The zero-order chi connectivity index (χ0) is 19.8. The molecule has 1 aliphatic carbocycles. The highest BCUT2D eigenvalue weighted by Crippen LogP contribution is 2.48. The lowest BCUT2D eigenvalue weighted by Crippen LogP contribution is -2.52. The number of benzene rings is 1. The molecule has 2 amide bonds. The zero-order valence-electron chi connectivity index (χ0n) is 16.6. The predicted octanol–water partition coefficient (Wildman–Crippen LogP) is 4.01. The van der Waals surface area contributed by atoms with Crippen LogP contribution in [0.5, 0.6) is 0 Å². The first-order valence-electron chi connectivity index (χ1n) is 10.8. The third-order valence-corrected chi connectivity index (χ3v) is 6.83. The minimum absolute atomic E-state index is 0.193. The summed E-state index contributed by atoms with van der Waals surface area (Å²) in [6, 6.07) is 2.12. The van der Waals surface area contributed by atoms with E-state index < -0.39 is 5.54 Å². The maximum Gasteiger partial charge on any atom is 0.319 e. The van der Waals surface area contributed by atoms with Crippen LogP contribution in [0, 0.1) is 0 Å². The highest BCUT2D eigenvalue weighted by molar-refractivity contribution is 6.35. The number of nitrogens with zero attached hydrogens (tertiary/aromatic N) is 1. The molecule has 4 N–H and O–H groups in total. The summed E-state index contributed by atoms with van der Waals surface area (Å²) in [4.78, 5) is 17.0. The van der Waals surface area contributed by atoms with Crippen molar-refractivity contribution in [1.29, 1.82) is 0 Å². The van der Waals surface area contributed by atoms with E-state index >= 15 is 0 Å². The molecule has 2 aromatic rings. The fraction of sp³-hybridized carbons (Fsp3) is 0.619. The van der Waals surface area contributed by atoms with Crippen LogP contribution in [0.3, 0.4) is 0 Å². The number of carbonyl (C=O) groups is 1. The van der Waals surface area contributed by atoms with E-state index in [1.54, 1.807) is 6.07 Å². The average molecular weight is 418 g/mol. The molecule has 0 radical (unpaired) electrons. The molecule has 8 heteroatoms. The normalized spacial score (nSPS) is 23.6. The molecule has 156 valence electrons. The molecule has 1 unspecified atom stereocenters. The van der Waals surface area contributed by atoms with Gasteiger partial charge in [-0.1, -0.05) is 37.3 Å². The van der Waals surface area contributed by atoms with Crippen molar-refractivity contribution < 1.29 is 9.21 Å². The number of nitrogens with one attached hydrogen (secondary N) is 4. The second-order valence-corrected chi connectivity index (χ2v) is 8.97. The number of carbonyl (C=O) groups excluding carboxylic acids is 1. The highest BCUT2D eigenvalue weighted by atomic mass is 35.5. The Hall–Kier alpha value is -1.83. The number of rotatable bonds is 4. The molecule has 1 saturated carbocycles. The van der Waals surface area contributed by atoms with Crippen molar-refractivity contribution in [2.75, 3.05) is 18.4 Å². The van der Waals surface area contributed by atoms with Gasteiger partial charge in [0.15, 0.2) is 5.58 Å². The molecule has 1 saturated heterocycles. The Kier molecular flexibility index (Phi) is 5.14. The molecule has 29 heavy (non-hydrogen) atoms. The Morgan fingerprint density at radius 3 is 2.90 bits per heavy atom. The molecule has 1 aromatic carbocycles. The molecule has 5 rings (SSSR count). The van der Waals surface area contributed by atoms with Crippen LogP contribution in [0.2, 0.25) is 5.02 Å². The Morgan fingerprint density at radius 1 is 1.24 bits per heavy atom. The van der Waals surface area contributed by atoms with Crippen LogP contribution in [-0.4, -0.2) is 30.1 Å². The van der Waals surface area contributed by atoms with Gasteiger partial charge in [0.05, 0.1) is 22.8 Å². The van der Waals surface area contributed by atoms with Crippen molar-refractivity contribution in [2.45, 2.75) is 69.5 Å². The first-order chi connectivity index (χ1) is 14.1. The summed E-state index contributed by atoms with van der Waals surface area (Å²) < 4.78 is 6.23. The third kappa shape index (κ3) is 3.60. The summed E-state index contributed by atoms with van der Waals surface area (Å²) in [6.45, 7) is 2.58. The van der Waals surface area contributed by atoms with E-state index in [4.69, 9.17) is 16.0 Å². The van der Waals surface area contributed by atoms with Gasteiger partial charge in [-0.15, -0.1) is 0 Å². The van der Waals surface area contributed by atoms with Gasteiger partial charge in [-0.3, -0.25) is 0 Å². The summed E-state index contributed by atoms with van der Waals surface area (Å²) in [7, 11) is 0. The Balaban J connectivity index is 1.45. The van der Waals surface area contributed by atoms with Crippen LogP contribution in [0.1, 0.15) is 62.8 Å². The van der Waals surface area contributed by atoms with Crippen LogP contribution in [-0.2, 0) is 12.1 Å². The minimum Gasteiger partial charge on any atom is -0.439 e. The summed E-state index contributed by atoms with van der Waals surface area (Å²) in [5.41, 5.74) is 2.71. The van der Waals surface area contributed by atoms with E-state index in [0.717, 1.165) is 55.4 Å². The van der Waals surface area contributed by atoms with E-state index in [-0.39, 0.29) is 6.03 Å². The first kappa shape index (κ1) is 19.2. The second-order valence-electron chi connectivity index (χ2n) is 8.56. The molecule has 0 bridgehead atoms. The number of piperidine rings is 1. The maximum atomic E-state index is 12.3. The smallest absolute Gasteiger partial charge is 0.319 e. The fourth-order valence-corrected chi connectivity index (χ4v) is 5.39. The van der Waals surface area contributed by atoms with Crippen molar-refractivity contribution in [3.05, 3.63) is 22.5 Å². The molecule has 7 nitrogen and oxygen atoms in total. The van der Waals surface area contributed by atoms with E-state index in [0.29, 0.717) is 29.2 Å². The van der Waals surface area contributed by atoms with E-state index in [1.165, 1.54) is 25.7 Å². The standard InChI is InChI=1S/C21H28ClN5O2/c22-14-10-15-19(29-16(25-15)12-23-11-13-6-2-5-9-24-13)17-18(14)26-20(28)27-21(17)7-3-1-4-8-21/h10,13,23-24H,1-9,11-12H2,(H2,26,27,28). The van der Waals surface area contributed by atoms with Gasteiger partial charge in [0.25, 0.3) is 0 Å². The maximum absolute atomic E-state index is 12.3. The van der Waals surface area contributed by atoms with Crippen LogP contribution >= 0.6 is 11.6 Å². The van der Waals surface area contributed by atoms with Gasteiger partial charge < -0.3 is 25.7 Å². The summed E-state index contributed by atoms with van der Waals surface area (Å²) in [6.07, 6.45) is 8.88. The van der Waals surface area contributed by atoms with Gasteiger partial charge in [-0.25, -0.2) is 9.78 Å². The summed E-state index contributed by atoms with van der Waals surface area (Å²) in [5, 5.41) is 13.6. The number of urea groups is 1. The van der Waals surface area contributed by atoms with E-state index in [2.05, 4.69) is 26.3 Å². The van der Waals surface area contributed by atoms with Crippen LogP contribution < -0.4 is 21.3 Å². The van der Waals surface area contributed by atoms with Crippen molar-refractivity contribution >= 4 is 34.4 Å². The van der Waals surface area contributed by atoms with E-state index in [9.17, 15) is 4.79 Å². The topological polar surface area (TPSA) is 91.2 Å². The Morgan fingerprint density at radius 2 is 2.10 bits per heavy atom. The molecule has 3 heterocycles. The van der Waals surface area contributed by atoms with Gasteiger partial charge in [-0.2, -0.15) is 0 Å². The van der Waals surface area contributed by atoms with E-state index in [1.807, 2.05) is 0 Å². The monoisotopic (exact) mass is 417 g/mol. The van der Waals surface area contributed by atoms with Crippen molar-refractivity contribution in [2.24, 2.45) is 0 Å². The Labute approximate surface area is 175 Å². The molecule has 2 aliphatic heterocycles. The second kappa shape index (κ2) is 7.78. The number of anilines is 1. The zero-order valence-corrected chi connectivity index (χ0v) is 17.3. The minimum atomic E-state index is -0.421. The van der Waals surface area contributed by atoms with Gasteiger partial charge >= 0.3 is 6.03 Å². The number of hydrogen-bond donors (Lipinski definition) is 4. The number of fused-ring (bicyclic) bond motifs is 4. The first-order valence-corrected chi connectivity index (χ1v) is 11.2. The van der Waals surface area contributed by atoms with Crippen molar-refractivity contribution in [3.63, 3.8) is 0 Å². The van der Waals surface area contributed by atoms with Gasteiger partial charge in [0.1, 0.15) is 5.52 Å². The van der Waals surface area contributed by atoms with Gasteiger partial charge in [-0.05, 0) is 38.3 Å². The molecule has 1 aromatic heterocycles. The SMILES string of the molecule is O=C1Nc2c(Cl)cc3nc(CNCC4CCCCN4)oc3c2C2(CCCCC2)N1. The van der Waals surface area contributed by atoms with Gasteiger partial charge in [0.2, 0.25) is 5.89 Å². The molecule has 3 aliphatic rings. The van der Waals surface area contributed by atoms with Crippen molar-refractivity contribution in [3.8, 4) is 0 Å². The number of oxazole rings is 1. The highest BCUT2D eigenvalue weighted by Gasteiger charge is 2.44. The quantitative estimate of drug-likeness (QED) is 0.603. The fourth-order valence-electron chi connectivity index (χ4n) is 5.14. The number of hydrogen-bond acceptors (Lipinski definition) is 5. The lowest BCUT2D eigenvalue weighted by Gasteiger charge is -2.42. The molecular formula is C21H28ClN5O2.